The average Bonchev–Trinajstić information content (AvgIpc) is 2.43. The molecule has 0 aliphatic carbocycles. The molecule has 0 atom stereocenters. The number of hydrogen-bond donors (Lipinski definition) is 1. The Hall–Kier alpha value is -1.10. The van der Waals surface area contributed by atoms with Crippen molar-refractivity contribution < 1.29 is 9.90 Å². The van der Waals surface area contributed by atoms with Crippen LogP contribution in [-0.2, 0) is 4.79 Å². The van der Waals surface area contributed by atoms with Crippen LogP contribution in [0.15, 0.2) is 63.2 Å². The van der Waals surface area contributed by atoms with Crippen molar-refractivity contribution in [3.05, 3.63) is 53.6 Å². The van der Waals surface area contributed by atoms with Gasteiger partial charge in [0.25, 0.3) is 0 Å². The van der Waals surface area contributed by atoms with Crippen molar-refractivity contribution in [2.24, 2.45) is 0 Å². The van der Waals surface area contributed by atoms with E-state index in [0.29, 0.717) is 0 Å². The minimum absolute atomic E-state index is 0.724. The Kier molecular flexibility index (Phi) is 5.25. The number of rotatable bonds is 5. The van der Waals surface area contributed by atoms with E-state index < -0.39 is 10.7 Å². The van der Waals surface area contributed by atoms with Crippen molar-refractivity contribution in [3.63, 3.8) is 0 Å². The summed E-state index contributed by atoms with van der Waals surface area (Å²) in [7, 11) is 0. The molecule has 0 aliphatic rings. The van der Waals surface area contributed by atoms with Crippen molar-refractivity contribution in [1.29, 1.82) is 0 Å². The summed E-state index contributed by atoms with van der Waals surface area (Å²) in [5.41, 5.74) is 0. The molecule has 2 rings (SSSR count). The third-order valence-electron chi connectivity index (χ3n) is 2.76. The fourth-order valence-corrected chi connectivity index (χ4v) is 3.44. The van der Waals surface area contributed by atoms with E-state index in [2.05, 4.69) is 0 Å². The van der Waals surface area contributed by atoms with Gasteiger partial charge in [0, 0.05) is 19.7 Å². The van der Waals surface area contributed by atoms with Gasteiger partial charge in [-0.25, -0.2) is 0 Å². The summed E-state index contributed by atoms with van der Waals surface area (Å²) in [5, 5.41) is 9.86. The van der Waals surface area contributed by atoms with Crippen LogP contribution in [0.25, 0.3) is 0 Å². The Morgan fingerprint density at radius 3 is 1.86 bits per heavy atom. The predicted octanol–water partition coefficient (Wildman–Crippen LogP) is 5.45. The van der Waals surface area contributed by atoms with Gasteiger partial charge >= 0.3 is 5.97 Å². The zero-order valence-electron chi connectivity index (χ0n) is 11.7. The van der Waals surface area contributed by atoms with Crippen LogP contribution in [0, 0.1) is 0 Å². The Morgan fingerprint density at radius 2 is 1.38 bits per heavy atom. The molecule has 0 unspecified atom stereocenters. The highest BCUT2D eigenvalue weighted by atomic mass is 35.5. The molecule has 2 aromatic rings. The van der Waals surface area contributed by atoms with Crippen molar-refractivity contribution in [2.75, 3.05) is 0 Å². The Balaban J connectivity index is 2.05. The van der Waals surface area contributed by atoms with Crippen LogP contribution in [0.5, 0.6) is 0 Å². The topological polar surface area (TPSA) is 37.3 Å². The fraction of sp³-hybridized carbons (Fsp3) is 0.188. The lowest BCUT2D eigenvalue weighted by Gasteiger charge is -2.18. The zero-order valence-corrected chi connectivity index (χ0v) is 14.1. The standard InChI is InChI=1S/C16H15ClO2S2/c1-16(2,15(18)19)21-14-9-7-13(8-10-14)20-12-5-3-11(17)4-6-12/h3-10H,1-2H3,(H,18,19). The van der Waals surface area contributed by atoms with Crippen molar-refractivity contribution in [2.45, 2.75) is 33.3 Å². The van der Waals surface area contributed by atoms with Crippen LogP contribution in [0.3, 0.4) is 0 Å². The molecular weight excluding hydrogens is 324 g/mol. The summed E-state index contributed by atoms with van der Waals surface area (Å²) in [6.07, 6.45) is 0. The number of halogens is 1. The summed E-state index contributed by atoms with van der Waals surface area (Å²) >= 11 is 8.85. The quantitative estimate of drug-likeness (QED) is 0.736. The molecule has 0 saturated carbocycles. The molecule has 5 heteroatoms. The van der Waals surface area contributed by atoms with Gasteiger partial charge < -0.3 is 5.11 Å². The molecular formula is C16H15ClO2S2. The summed E-state index contributed by atoms with van der Waals surface area (Å²) in [5.74, 6) is -0.813. The number of aliphatic carboxylic acids is 1. The molecule has 0 heterocycles. The maximum absolute atomic E-state index is 11.1. The van der Waals surface area contributed by atoms with E-state index in [1.165, 1.54) is 11.8 Å². The predicted molar refractivity (Wildman–Crippen MR) is 89.6 cm³/mol. The van der Waals surface area contributed by atoms with Gasteiger partial charge in [-0.05, 0) is 62.4 Å². The van der Waals surface area contributed by atoms with E-state index in [9.17, 15) is 4.79 Å². The molecule has 0 spiro atoms. The van der Waals surface area contributed by atoms with E-state index in [-0.39, 0.29) is 0 Å². The number of carboxylic acids is 1. The Labute approximate surface area is 137 Å². The Bertz CT molecular complexity index is 622. The average molecular weight is 339 g/mol. The van der Waals surface area contributed by atoms with Crippen LogP contribution in [0.2, 0.25) is 5.02 Å². The lowest BCUT2D eigenvalue weighted by atomic mass is 10.2. The summed E-state index contributed by atoms with van der Waals surface area (Å²) in [6, 6.07) is 15.6. The molecule has 1 N–H and O–H groups in total. The van der Waals surface area contributed by atoms with Gasteiger partial charge in [-0.3, -0.25) is 4.79 Å². The number of benzene rings is 2. The van der Waals surface area contributed by atoms with Crippen molar-refractivity contribution in [1.82, 2.24) is 0 Å². The first-order chi connectivity index (χ1) is 9.87. The van der Waals surface area contributed by atoms with E-state index in [1.54, 1.807) is 25.6 Å². The van der Waals surface area contributed by atoms with Crippen LogP contribution >= 0.6 is 35.1 Å². The highest BCUT2D eigenvalue weighted by molar-refractivity contribution is 8.01. The van der Waals surface area contributed by atoms with Gasteiger partial charge in [-0.2, -0.15) is 0 Å². The van der Waals surface area contributed by atoms with Crippen LogP contribution < -0.4 is 0 Å². The largest absolute Gasteiger partial charge is 0.480 e. The lowest BCUT2D eigenvalue weighted by Crippen LogP contribution is -2.26. The van der Waals surface area contributed by atoms with E-state index in [1.807, 2.05) is 48.5 Å². The van der Waals surface area contributed by atoms with Gasteiger partial charge in [0.2, 0.25) is 0 Å². The highest BCUT2D eigenvalue weighted by Gasteiger charge is 2.28. The second-order valence-corrected chi connectivity index (χ2v) is 8.22. The lowest BCUT2D eigenvalue weighted by molar-refractivity contribution is -0.138. The smallest absolute Gasteiger partial charge is 0.319 e. The molecule has 21 heavy (non-hydrogen) atoms. The van der Waals surface area contributed by atoms with Crippen molar-refractivity contribution >= 4 is 41.1 Å². The van der Waals surface area contributed by atoms with E-state index >= 15 is 0 Å². The highest BCUT2D eigenvalue weighted by Crippen LogP contribution is 2.35. The van der Waals surface area contributed by atoms with Gasteiger partial charge in [-0.15, -0.1) is 11.8 Å². The molecule has 2 nitrogen and oxygen atoms in total. The number of thioether (sulfide) groups is 1. The van der Waals surface area contributed by atoms with Gasteiger partial charge in [0.15, 0.2) is 0 Å². The normalized spacial score (nSPS) is 11.4. The number of carbonyl (C=O) groups is 1. The second-order valence-electron chi connectivity index (χ2n) is 4.94. The first-order valence-electron chi connectivity index (χ1n) is 6.33. The first kappa shape index (κ1) is 16.3. The van der Waals surface area contributed by atoms with Gasteiger partial charge in [0.05, 0.1) is 0 Å². The molecule has 110 valence electrons. The monoisotopic (exact) mass is 338 g/mol. The SMILES string of the molecule is CC(C)(Sc1ccc(Sc2ccc(Cl)cc2)cc1)C(=O)O. The number of hydrogen-bond acceptors (Lipinski definition) is 3. The molecule has 0 radical (unpaired) electrons. The maximum atomic E-state index is 11.1. The van der Waals surface area contributed by atoms with E-state index in [0.717, 1.165) is 19.7 Å². The van der Waals surface area contributed by atoms with Crippen molar-refractivity contribution in [3.8, 4) is 0 Å². The third kappa shape index (κ3) is 4.70. The summed E-state index contributed by atoms with van der Waals surface area (Å²) in [4.78, 5) is 14.3. The minimum atomic E-state index is -0.829. The molecule has 2 aromatic carbocycles. The first-order valence-corrected chi connectivity index (χ1v) is 8.34. The second kappa shape index (κ2) is 6.77. The Morgan fingerprint density at radius 1 is 0.952 bits per heavy atom. The molecule has 0 fully saturated rings. The van der Waals surface area contributed by atoms with E-state index in [4.69, 9.17) is 16.7 Å². The maximum Gasteiger partial charge on any atom is 0.319 e. The zero-order chi connectivity index (χ0) is 15.5. The third-order valence-corrected chi connectivity index (χ3v) is 5.22. The van der Waals surface area contributed by atoms with Crippen LogP contribution in [0.4, 0.5) is 0 Å². The van der Waals surface area contributed by atoms with Gasteiger partial charge in [0.1, 0.15) is 4.75 Å². The molecule has 0 amide bonds. The summed E-state index contributed by atoms with van der Waals surface area (Å²) in [6.45, 7) is 3.41. The van der Waals surface area contributed by atoms with Crippen LogP contribution in [-0.4, -0.2) is 15.8 Å². The van der Waals surface area contributed by atoms with Gasteiger partial charge in [-0.1, -0.05) is 23.4 Å². The molecule has 0 bridgehead atoms. The number of carboxylic acid groups (broad SMARTS) is 1. The minimum Gasteiger partial charge on any atom is -0.480 e. The molecule has 0 saturated heterocycles. The fourth-order valence-electron chi connectivity index (χ4n) is 1.55. The molecule has 0 aliphatic heterocycles. The van der Waals surface area contributed by atoms with Crippen LogP contribution in [0.1, 0.15) is 13.8 Å². The molecule has 0 aromatic heterocycles. The summed E-state index contributed by atoms with van der Waals surface area (Å²) < 4.78 is -0.829.